The molecule has 1 saturated heterocycles. The molecule has 5 heteroatoms. The van der Waals surface area contributed by atoms with Crippen molar-refractivity contribution in [1.29, 1.82) is 0 Å². The quantitative estimate of drug-likeness (QED) is 0.795. The van der Waals surface area contributed by atoms with Crippen LogP contribution in [0, 0.1) is 0 Å². The smallest absolute Gasteiger partial charge is 0.243 e. The molecule has 2 aliphatic heterocycles. The molecule has 112 valence electrons. The van der Waals surface area contributed by atoms with E-state index in [4.69, 9.17) is 4.98 Å². The zero-order chi connectivity index (χ0) is 15.2. The van der Waals surface area contributed by atoms with Crippen molar-refractivity contribution in [2.45, 2.75) is 58.2 Å². The minimum absolute atomic E-state index is 0.0249. The summed E-state index contributed by atoms with van der Waals surface area (Å²) in [4.78, 5) is 30.1. The first kappa shape index (κ1) is 14.2. The Bertz CT molecular complexity index is 604. The number of carbonyl (C=O) groups excluding carboxylic acids is 2. The van der Waals surface area contributed by atoms with Gasteiger partial charge in [0.1, 0.15) is 0 Å². The lowest BCUT2D eigenvalue weighted by Crippen LogP contribution is -2.50. The normalized spacial score (nSPS) is 23.1. The zero-order valence-electron chi connectivity index (χ0n) is 12.8. The van der Waals surface area contributed by atoms with Crippen LogP contribution in [0.3, 0.4) is 0 Å². The fraction of sp³-hybridized carbons (Fsp3) is 0.562. The first-order valence-corrected chi connectivity index (χ1v) is 7.41. The molecule has 3 rings (SSSR count). The van der Waals surface area contributed by atoms with E-state index < -0.39 is 0 Å². The summed E-state index contributed by atoms with van der Waals surface area (Å²) in [6.07, 6.45) is 1.02. The van der Waals surface area contributed by atoms with Crippen LogP contribution in [0.2, 0.25) is 0 Å². The van der Waals surface area contributed by atoms with Crippen molar-refractivity contribution in [3.05, 3.63) is 29.1 Å². The molecule has 2 amide bonds. The maximum Gasteiger partial charge on any atom is 0.243 e. The van der Waals surface area contributed by atoms with Gasteiger partial charge < -0.3 is 0 Å². The molecule has 0 bridgehead atoms. The Morgan fingerprint density at radius 2 is 2.00 bits per heavy atom. The van der Waals surface area contributed by atoms with Crippen LogP contribution in [-0.2, 0) is 28.1 Å². The Balaban J connectivity index is 1.79. The van der Waals surface area contributed by atoms with Gasteiger partial charge in [0.05, 0.1) is 11.7 Å². The van der Waals surface area contributed by atoms with Crippen molar-refractivity contribution in [1.82, 2.24) is 15.2 Å². The number of pyridine rings is 1. The van der Waals surface area contributed by atoms with Gasteiger partial charge in [-0.1, -0.05) is 26.8 Å². The van der Waals surface area contributed by atoms with Crippen LogP contribution in [0.5, 0.6) is 0 Å². The molecule has 2 aliphatic rings. The van der Waals surface area contributed by atoms with Crippen molar-refractivity contribution in [3.63, 3.8) is 0 Å². The fourth-order valence-electron chi connectivity index (χ4n) is 2.95. The highest BCUT2D eigenvalue weighted by atomic mass is 16.2. The number of fused-ring (bicyclic) bond motifs is 1. The molecule has 5 nitrogen and oxygen atoms in total. The zero-order valence-corrected chi connectivity index (χ0v) is 12.8. The van der Waals surface area contributed by atoms with E-state index in [9.17, 15) is 9.59 Å². The molecular formula is C16H21N3O2. The Kier molecular flexibility index (Phi) is 3.32. The summed E-state index contributed by atoms with van der Waals surface area (Å²) >= 11 is 0. The van der Waals surface area contributed by atoms with Crippen molar-refractivity contribution in [2.24, 2.45) is 0 Å². The number of piperidine rings is 1. The lowest BCUT2D eigenvalue weighted by Gasteiger charge is -2.28. The maximum absolute atomic E-state index is 12.0. The van der Waals surface area contributed by atoms with Crippen molar-refractivity contribution >= 4 is 11.8 Å². The van der Waals surface area contributed by atoms with Gasteiger partial charge >= 0.3 is 0 Å². The van der Waals surface area contributed by atoms with Crippen LogP contribution < -0.4 is 5.32 Å². The van der Waals surface area contributed by atoms with Crippen LogP contribution in [0.1, 0.15) is 50.6 Å². The number of imide groups is 1. The topological polar surface area (TPSA) is 62.3 Å². The predicted molar refractivity (Wildman–Crippen MR) is 78.4 cm³/mol. The number of nitrogens with one attached hydrogen (secondary N) is 1. The fourth-order valence-corrected chi connectivity index (χ4v) is 2.95. The molecule has 1 atom stereocenters. The highest BCUT2D eigenvalue weighted by molar-refractivity contribution is 6.00. The van der Waals surface area contributed by atoms with Crippen molar-refractivity contribution < 1.29 is 9.59 Å². The Morgan fingerprint density at radius 1 is 1.24 bits per heavy atom. The van der Waals surface area contributed by atoms with E-state index in [0.717, 1.165) is 17.9 Å². The number of rotatable bonds is 1. The number of aromatic nitrogens is 1. The van der Waals surface area contributed by atoms with Gasteiger partial charge in [-0.2, -0.15) is 0 Å². The lowest BCUT2D eigenvalue weighted by atomic mass is 9.91. The third-order valence-corrected chi connectivity index (χ3v) is 4.21. The molecule has 0 radical (unpaired) electrons. The number of amides is 2. The summed E-state index contributed by atoms with van der Waals surface area (Å²) < 4.78 is 0. The van der Waals surface area contributed by atoms with E-state index in [-0.39, 0.29) is 23.3 Å². The molecule has 1 aromatic heterocycles. The lowest BCUT2D eigenvalue weighted by molar-refractivity contribution is -0.137. The predicted octanol–water partition coefficient (Wildman–Crippen LogP) is 1.50. The van der Waals surface area contributed by atoms with Gasteiger partial charge in [0.15, 0.2) is 0 Å². The molecule has 1 unspecified atom stereocenters. The van der Waals surface area contributed by atoms with Gasteiger partial charge in [0, 0.05) is 30.6 Å². The maximum atomic E-state index is 12.0. The molecule has 21 heavy (non-hydrogen) atoms. The van der Waals surface area contributed by atoms with Crippen LogP contribution in [0.4, 0.5) is 0 Å². The molecule has 0 aromatic carbocycles. The second-order valence-corrected chi connectivity index (χ2v) is 6.92. The Morgan fingerprint density at radius 3 is 2.67 bits per heavy atom. The van der Waals surface area contributed by atoms with E-state index >= 15 is 0 Å². The number of hydrogen-bond donors (Lipinski definition) is 1. The van der Waals surface area contributed by atoms with Gasteiger partial charge in [0.2, 0.25) is 11.8 Å². The van der Waals surface area contributed by atoms with Crippen LogP contribution in [-0.4, -0.2) is 27.7 Å². The standard InChI is InChI=1S/C16H21N3O2/c1-16(2,3)13-6-4-10-8-19(9-11(10)17-13)12-5-7-14(20)18-15(12)21/h4,6,12H,5,7-9H2,1-3H3,(H,18,20,21). The largest absolute Gasteiger partial charge is 0.295 e. The third-order valence-electron chi connectivity index (χ3n) is 4.21. The summed E-state index contributed by atoms with van der Waals surface area (Å²) in [5, 5.41) is 2.43. The first-order valence-electron chi connectivity index (χ1n) is 7.41. The summed E-state index contributed by atoms with van der Waals surface area (Å²) in [5.74, 6) is -0.337. The van der Waals surface area contributed by atoms with E-state index in [1.54, 1.807) is 0 Å². The Labute approximate surface area is 124 Å². The molecule has 0 saturated carbocycles. The molecule has 0 spiro atoms. The van der Waals surface area contributed by atoms with E-state index in [0.29, 0.717) is 19.4 Å². The highest BCUT2D eigenvalue weighted by Gasteiger charge is 2.35. The summed E-state index contributed by atoms with van der Waals surface area (Å²) in [7, 11) is 0. The van der Waals surface area contributed by atoms with Gasteiger partial charge in [0.25, 0.3) is 0 Å². The number of hydrogen-bond acceptors (Lipinski definition) is 4. The third kappa shape index (κ3) is 2.70. The number of carbonyl (C=O) groups is 2. The van der Waals surface area contributed by atoms with Gasteiger partial charge in [-0.15, -0.1) is 0 Å². The molecule has 1 fully saturated rings. The van der Waals surface area contributed by atoms with Crippen LogP contribution in [0.15, 0.2) is 12.1 Å². The average molecular weight is 287 g/mol. The van der Waals surface area contributed by atoms with Gasteiger partial charge in [-0.25, -0.2) is 0 Å². The van der Waals surface area contributed by atoms with Gasteiger partial charge in [-0.05, 0) is 18.1 Å². The summed E-state index contributed by atoms with van der Waals surface area (Å²) in [6.45, 7) is 7.86. The minimum Gasteiger partial charge on any atom is -0.295 e. The van der Waals surface area contributed by atoms with E-state index in [1.807, 2.05) is 0 Å². The van der Waals surface area contributed by atoms with Crippen LogP contribution in [0.25, 0.3) is 0 Å². The van der Waals surface area contributed by atoms with E-state index in [1.165, 1.54) is 5.56 Å². The second-order valence-electron chi connectivity index (χ2n) is 6.92. The monoisotopic (exact) mass is 287 g/mol. The molecule has 1 aromatic rings. The highest BCUT2D eigenvalue weighted by Crippen LogP contribution is 2.29. The number of nitrogens with zero attached hydrogens (tertiary/aromatic N) is 2. The summed E-state index contributed by atoms with van der Waals surface area (Å²) in [5.41, 5.74) is 3.35. The second kappa shape index (κ2) is 4.91. The summed E-state index contributed by atoms with van der Waals surface area (Å²) in [6, 6.07) is 3.98. The van der Waals surface area contributed by atoms with Crippen molar-refractivity contribution in [3.8, 4) is 0 Å². The molecule has 3 heterocycles. The molecule has 0 aliphatic carbocycles. The van der Waals surface area contributed by atoms with Crippen molar-refractivity contribution in [2.75, 3.05) is 0 Å². The molecular weight excluding hydrogens is 266 g/mol. The van der Waals surface area contributed by atoms with Gasteiger partial charge in [-0.3, -0.25) is 24.8 Å². The van der Waals surface area contributed by atoms with Crippen LogP contribution >= 0.6 is 0 Å². The van der Waals surface area contributed by atoms with E-state index in [2.05, 4.69) is 43.1 Å². The average Bonchev–Trinajstić information content (AvgIpc) is 2.79. The molecule has 1 N–H and O–H groups in total. The minimum atomic E-state index is -0.213. The Hall–Kier alpha value is -1.75. The SMILES string of the molecule is CC(C)(C)c1ccc2c(n1)CN(C1CCC(=O)NC1=O)C2. The first-order chi connectivity index (χ1) is 9.84.